The van der Waals surface area contributed by atoms with Crippen molar-refractivity contribution in [1.82, 2.24) is 0 Å². The Hall–Kier alpha value is -1.48. The minimum Gasteiger partial charge on any atom is -0.494 e. The van der Waals surface area contributed by atoms with Crippen molar-refractivity contribution in [3.05, 3.63) is 68.7 Å². The number of rotatable bonds is 4. The van der Waals surface area contributed by atoms with Crippen molar-refractivity contribution in [2.75, 3.05) is 7.11 Å². The summed E-state index contributed by atoms with van der Waals surface area (Å²) in [6.45, 7) is 0. The molecular weight excluding hydrogens is 331 g/mol. The summed E-state index contributed by atoms with van der Waals surface area (Å²) in [6.07, 6.45) is 3.13. The van der Waals surface area contributed by atoms with E-state index in [1.54, 1.807) is 18.2 Å². The van der Waals surface area contributed by atoms with Gasteiger partial charge in [-0.15, -0.1) is 0 Å². The molecule has 5 heteroatoms. The molecule has 0 heterocycles. The summed E-state index contributed by atoms with van der Waals surface area (Å²) in [7, 11) is 1.45. The van der Waals surface area contributed by atoms with Gasteiger partial charge in [0.15, 0.2) is 5.78 Å². The molecule has 2 nitrogen and oxygen atoms in total. The highest BCUT2D eigenvalue weighted by molar-refractivity contribution is 6.36. The number of carbonyl (C=O) groups is 1. The predicted octanol–water partition coefficient (Wildman–Crippen LogP) is 5.55. The lowest BCUT2D eigenvalue weighted by molar-refractivity contribution is 0.104. The zero-order valence-corrected chi connectivity index (χ0v) is 13.3. The summed E-state index contributed by atoms with van der Waals surface area (Å²) in [6, 6.07) is 10.2. The number of benzene rings is 2. The van der Waals surface area contributed by atoms with E-state index < -0.39 is 0 Å². The molecule has 0 aliphatic carbocycles. The maximum Gasteiger partial charge on any atom is 0.189 e. The molecule has 0 N–H and O–H groups in total. The van der Waals surface area contributed by atoms with Crippen LogP contribution in [0, 0.1) is 0 Å². The summed E-state index contributed by atoms with van der Waals surface area (Å²) in [5.41, 5.74) is 1.18. The Morgan fingerprint density at radius 3 is 2.33 bits per heavy atom. The second-order valence-electron chi connectivity index (χ2n) is 4.22. The molecule has 0 saturated carbocycles. The van der Waals surface area contributed by atoms with Gasteiger partial charge in [-0.25, -0.2) is 0 Å². The van der Waals surface area contributed by atoms with Gasteiger partial charge in [-0.2, -0.15) is 0 Å². The van der Waals surface area contributed by atoms with Crippen LogP contribution >= 0.6 is 34.8 Å². The number of hydrogen-bond acceptors (Lipinski definition) is 2. The van der Waals surface area contributed by atoms with Crippen LogP contribution in [0.25, 0.3) is 6.08 Å². The molecule has 0 saturated heterocycles. The van der Waals surface area contributed by atoms with Crippen LogP contribution in [0.3, 0.4) is 0 Å². The van der Waals surface area contributed by atoms with Gasteiger partial charge in [0.2, 0.25) is 0 Å². The third kappa shape index (κ3) is 4.01. The molecule has 0 amide bonds. The fraction of sp³-hybridized carbons (Fsp3) is 0.0625. The molecule has 0 aliphatic rings. The van der Waals surface area contributed by atoms with Crippen molar-refractivity contribution in [2.24, 2.45) is 0 Å². The van der Waals surface area contributed by atoms with E-state index in [1.807, 2.05) is 12.1 Å². The molecule has 0 unspecified atom stereocenters. The third-order valence-electron chi connectivity index (χ3n) is 2.78. The first-order valence-corrected chi connectivity index (χ1v) is 7.15. The lowest BCUT2D eigenvalue weighted by Gasteiger charge is -2.08. The van der Waals surface area contributed by atoms with Crippen LogP contribution in [0.1, 0.15) is 15.9 Å². The first-order chi connectivity index (χ1) is 10.0. The molecule has 108 valence electrons. The predicted molar refractivity (Wildman–Crippen MR) is 87.8 cm³/mol. The van der Waals surface area contributed by atoms with Gasteiger partial charge in [-0.3, -0.25) is 4.79 Å². The molecule has 0 spiro atoms. The smallest absolute Gasteiger partial charge is 0.189 e. The number of carbonyl (C=O) groups excluding carboxylic acids is 1. The standard InChI is InChI=1S/C16H11Cl3O2/c1-21-16-13(8-12(18)9-14(16)19)15(20)7-4-10-2-5-11(17)6-3-10/h2-9H,1H3. The molecule has 0 atom stereocenters. The second kappa shape index (κ2) is 6.99. The van der Waals surface area contributed by atoms with Crippen molar-refractivity contribution in [3.8, 4) is 5.75 Å². The van der Waals surface area contributed by atoms with E-state index in [0.717, 1.165) is 5.56 Å². The van der Waals surface area contributed by atoms with Crippen LogP contribution in [0.4, 0.5) is 0 Å². The van der Waals surface area contributed by atoms with Crippen LogP contribution in [0.2, 0.25) is 15.1 Å². The Morgan fingerprint density at radius 1 is 1.05 bits per heavy atom. The minimum absolute atomic E-state index is 0.244. The van der Waals surface area contributed by atoms with E-state index in [4.69, 9.17) is 39.5 Å². The van der Waals surface area contributed by atoms with Crippen molar-refractivity contribution >= 4 is 46.7 Å². The van der Waals surface area contributed by atoms with Gasteiger partial charge < -0.3 is 4.74 Å². The van der Waals surface area contributed by atoms with Crippen LogP contribution < -0.4 is 4.74 Å². The monoisotopic (exact) mass is 340 g/mol. The van der Waals surface area contributed by atoms with Crippen LogP contribution in [0.5, 0.6) is 5.75 Å². The Kier molecular flexibility index (Phi) is 5.29. The summed E-state index contributed by atoms with van der Waals surface area (Å²) in [5.74, 6) is 0.0676. The number of methoxy groups -OCH3 is 1. The molecule has 2 rings (SSSR count). The van der Waals surface area contributed by atoms with Crippen LogP contribution in [0.15, 0.2) is 42.5 Å². The Bertz CT molecular complexity index is 691. The van der Waals surface area contributed by atoms with E-state index in [0.29, 0.717) is 26.4 Å². The Balaban J connectivity index is 2.30. The molecule has 0 radical (unpaired) electrons. The van der Waals surface area contributed by atoms with Gasteiger partial charge in [-0.05, 0) is 35.9 Å². The minimum atomic E-state index is -0.244. The lowest BCUT2D eigenvalue weighted by atomic mass is 10.1. The highest BCUT2D eigenvalue weighted by Gasteiger charge is 2.14. The molecule has 0 fully saturated rings. The largest absolute Gasteiger partial charge is 0.494 e. The number of ketones is 1. The van der Waals surface area contributed by atoms with Crippen molar-refractivity contribution in [1.29, 1.82) is 0 Å². The molecular formula is C16H11Cl3O2. The van der Waals surface area contributed by atoms with Crippen molar-refractivity contribution in [3.63, 3.8) is 0 Å². The zero-order chi connectivity index (χ0) is 15.4. The summed E-state index contributed by atoms with van der Waals surface area (Å²) in [4.78, 5) is 12.3. The normalized spacial score (nSPS) is 10.9. The number of hydrogen-bond donors (Lipinski definition) is 0. The molecule has 0 aliphatic heterocycles. The highest BCUT2D eigenvalue weighted by Crippen LogP contribution is 2.32. The second-order valence-corrected chi connectivity index (χ2v) is 5.50. The van der Waals surface area contributed by atoms with Gasteiger partial charge >= 0.3 is 0 Å². The zero-order valence-electron chi connectivity index (χ0n) is 11.1. The summed E-state index contributed by atoms with van der Waals surface area (Å²) >= 11 is 17.7. The maximum absolute atomic E-state index is 12.3. The number of halogens is 3. The fourth-order valence-corrected chi connectivity index (χ4v) is 2.48. The summed E-state index contributed by atoms with van der Waals surface area (Å²) < 4.78 is 5.16. The summed E-state index contributed by atoms with van der Waals surface area (Å²) in [5, 5.41) is 1.32. The maximum atomic E-state index is 12.3. The Labute approximate surface area is 137 Å². The fourth-order valence-electron chi connectivity index (χ4n) is 1.79. The van der Waals surface area contributed by atoms with Gasteiger partial charge in [0, 0.05) is 10.0 Å². The first kappa shape index (κ1) is 15.9. The molecule has 0 aromatic heterocycles. The van der Waals surface area contributed by atoms with E-state index >= 15 is 0 Å². The lowest BCUT2D eigenvalue weighted by Crippen LogP contribution is -1.99. The quantitative estimate of drug-likeness (QED) is 0.538. The van der Waals surface area contributed by atoms with E-state index in [9.17, 15) is 4.79 Å². The topological polar surface area (TPSA) is 26.3 Å². The molecule has 21 heavy (non-hydrogen) atoms. The van der Waals surface area contributed by atoms with E-state index in [-0.39, 0.29) is 5.78 Å². The van der Waals surface area contributed by atoms with Gasteiger partial charge in [0.25, 0.3) is 0 Å². The van der Waals surface area contributed by atoms with Crippen LogP contribution in [-0.4, -0.2) is 12.9 Å². The van der Waals surface area contributed by atoms with Gasteiger partial charge in [0.1, 0.15) is 5.75 Å². The van der Waals surface area contributed by atoms with E-state index in [1.165, 1.54) is 25.3 Å². The van der Waals surface area contributed by atoms with Crippen molar-refractivity contribution < 1.29 is 9.53 Å². The SMILES string of the molecule is COc1c(Cl)cc(Cl)cc1C(=O)C=Cc1ccc(Cl)cc1. The highest BCUT2D eigenvalue weighted by atomic mass is 35.5. The molecule has 2 aromatic rings. The van der Waals surface area contributed by atoms with Gasteiger partial charge in [-0.1, -0.05) is 53.0 Å². The Morgan fingerprint density at radius 2 is 1.71 bits per heavy atom. The van der Waals surface area contributed by atoms with E-state index in [2.05, 4.69) is 0 Å². The first-order valence-electron chi connectivity index (χ1n) is 6.02. The molecule has 2 aromatic carbocycles. The van der Waals surface area contributed by atoms with Gasteiger partial charge in [0.05, 0.1) is 17.7 Å². The average molecular weight is 342 g/mol. The number of allylic oxidation sites excluding steroid dienone is 1. The third-order valence-corrected chi connectivity index (χ3v) is 3.53. The number of ether oxygens (including phenoxy) is 1. The van der Waals surface area contributed by atoms with Crippen molar-refractivity contribution in [2.45, 2.75) is 0 Å². The molecule has 0 bridgehead atoms. The van der Waals surface area contributed by atoms with Crippen LogP contribution in [-0.2, 0) is 0 Å². The average Bonchev–Trinajstić information content (AvgIpc) is 2.45.